The fraction of sp³-hybridized carbons (Fsp3) is 0.625. The summed E-state index contributed by atoms with van der Waals surface area (Å²) < 4.78 is 11.5. The van der Waals surface area contributed by atoms with E-state index in [1.807, 2.05) is 24.3 Å². The van der Waals surface area contributed by atoms with Crippen molar-refractivity contribution >= 4 is 0 Å². The van der Waals surface area contributed by atoms with Gasteiger partial charge in [-0.05, 0) is 31.5 Å². The van der Waals surface area contributed by atoms with Crippen LogP contribution < -0.4 is 14.8 Å². The molecular formula is C16H27NO2. The molecular weight excluding hydrogens is 238 g/mol. The van der Waals surface area contributed by atoms with Crippen LogP contribution in [0.25, 0.3) is 0 Å². The maximum atomic E-state index is 5.77. The predicted molar refractivity (Wildman–Crippen MR) is 80.1 cm³/mol. The number of ether oxygens (including phenoxy) is 2. The SMILES string of the molecule is CCCCCOc1ccccc1OCCNCCC. The quantitative estimate of drug-likeness (QED) is 0.620. The van der Waals surface area contributed by atoms with Gasteiger partial charge in [0.1, 0.15) is 6.61 Å². The van der Waals surface area contributed by atoms with Crippen molar-refractivity contribution in [3.8, 4) is 11.5 Å². The van der Waals surface area contributed by atoms with Crippen LogP contribution in [0.5, 0.6) is 11.5 Å². The molecule has 1 aromatic rings. The van der Waals surface area contributed by atoms with Crippen LogP contribution in [-0.4, -0.2) is 26.3 Å². The third-order valence-electron chi connectivity index (χ3n) is 2.82. The Morgan fingerprint density at radius 1 is 0.842 bits per heavy atom. The Morgan fingerprint density at radius 3 is 2.16 bits per heavy atom. The molecule has 0 spiro atoms. The van der Waals surface area contributed by atoms with Crippen molar-refractivity contribution < 1.29 is 9.47 Å². The van der Waals surface area contributed by atoms with Crippen LogP contribution in [0, 0.1) is 0 Å². The molecule has 19 heavy (non-hydrogen) atoms. The second-order valence-corrected chi connectivity index (χ2v) is 4.60. The van der Waals surface area contributed by atoms with Crippen LogP contribution in [0.4, 0.5) is 0 Å². The van der Waals surface area contributed by atoms with Gasteiger partial charge in [0.25, 0.3) is 0 Å². The Balaban J connectivity index is 2.31. The summed E-state index contributed by atoms with van der Waals surface area (Å²) in [6, 6.07) is 7.90. The summed E-state index contributed by atoms with van der Waals surface area (Å²) in [6.07, 6.45) is 4.68. The molecule has 0 saturated heterocycles. The van der Waals surface area contributed by atoms with Crippen molar-refractivity contribution in [1.82, 2.24) is 5.32 Å². The van der Waals surface area contributed by atoms with Gasteiger partial charge < -0.3 is 14.8 Å². The number of hydrogen-bond donors (Lipinski definition) is 1. The van der Waals surface area contributed by atoms with Gasteiger partial charge >= 0.3 is 0 Å². The lowest BCUT2D eigenvalue weighted by atomic mass is 10.2. The van der Waals surface area contributed by atoms with Gasteiger partial charge in [0.2, 0.25) is 0 Å². The minimum atomic E-state index is 0.676. The van der Waals surface area contributed by atoms with E-state index in [0.29, 0.717) is 6.61 Å². The monoisotopic (exact) mass is 265 g/mol. The first-order chi connectivity index (χ1) is 9.38. The molecule has 0 fully saturated rings. The molecule has 0 heterocycles. The fourth-order valence-electron chi connectivity index (χ4n) is 1.76. The van der Waals surface area contributed by atoms with Gasteiger partial charge in [-0.3, -0.25) is 0 Å². The molecule has 1 aromatic carbocycles. The predicted octanol–water partition coefficient (Wildman–Crippen LogP) is 3.63. The van der Waals surface area contributed by atoms with E-state index in [4.69, 9.17) is 9.47 Å². The molecule has 0 aliphatic carbocycles. The Bertz CT molecular complexity index is 328. The number of hydrogen-bond acceptors (Lipinski definition) is 3. The van der Waals surface area contributed by atoms with Gasteiger partial charge in [-0.1, -0.05) is 38.8 Å². The largest absolute Gasteiger partial charge is 0.490 e. The molecule has 0 radical (unpaired) electrons. The summed E-state index contributed by atoms with van der Waals surface area (Å²) in [7, 11) is 0. The van der Waals surface area contributed by atoms with Gasteiger partial charge in [0, 0.05) is 6.54 Å². The second-order valence-electron chi connectivity index (χ2n) is 4.60. The molecule has 0 aliphatic heterocycles. The number of nitrogens with one attached hydrogen (secondary N) is 1. The van der Waals surface area contributed by atoms with Crippen LogP contribution in [0.3, 0.4) is 0 Å². The van der Waals surface area contributed by atoms with Crippen LogP contribution in [0.2, 0.25) is 0 Å². The van der Waals surface area contributed by atoms with E-state index in [2.05, 4.69) is 19.2 Å². The summed E-state index contributed by atoms with van der Waals surface area (Å²) >= 11 is 0. The lowest BCUT2D eigenvalue weighted by molar-refractivity contribution is 0.263. The maximum Gasteiger partial charge on any atom is 0.161 e. The van der Waals surface area contributed by atoms with E-state index >= 15 is 0 Å². The number of rotatable bonds is 11. The Hall–Kier alpha value is -1.22. The number of benzene rings is 1. The van der Waals surface area contributed by atoms with Crippen LogP contribution in [-0.2, 0) is 0 Å². The molecule has 1 N–H and O–H groups in total. The van der Waals surface area contributed by atoms with Crippen molar-refractivity contribution in [2.75, 3.05) is 26.3 Å². The van der Waals surface area contributed by atoms with Gasteiger partial charge in [-0.15, -0.1) is 0 Å². The summed E-state index contributed by atoms with van der Waals surface area (Å²) in [6.45, 7) is 7.71. The first kappa shape index (κ1) is 15.8. The van der Waals surface area contributed by atoms with Crippen LogP contribution in [0.15, 0.2) is 24.3 Å². The third kappa shape index (κ3) is 7.06. The molecule has 0 bridgehead atoms. The minimum Gasteiger partial charge on any atom is -0.490 e. The van der Waals surface area contributed by atoms with E-state index in [1.54, 1.807) is 0 Å². The highest BCUT2D eigenvalue weighted by atomic mass is 16.5. The number of para-hydroxylation sites is 2. The van der Waals surface area contributed by atoms with E-state index in [0.717, 1.165) is 44.0 Å². The molecule has 1 rings (SSSR count). The lowest BCUT2D eigenvalue weighted by Crippen LogP contribution is -2.21. The molecule has 3 heteroatoms. The standard InChI is InChI=1S/C16H27NO2/c1-3-5-8-13-18-15-9-6-7-10-16(15)19-14-12-17-11-4-2/h6-7,9-10,17H,3-5,8,11-14H2,1-2H3. The summed E-state index contributed by atoms with van der Waals surface area (Å²) in [4.78, 5) is 0. The summed E-state index contributed by atoms with van der Waals surface area (Å²) in [5.41, 5.74) is 0. The van der Waals surface area contributed by atoms with Gasteiger partial charge in [0.15, 0.2) is 11.5 Å². The zero-order chi connectivity index (χ0) is 13.8. The second kappa shape index (κ2) is 10.7. The molecule has 108 valence electrons. The lowest BCUT2D eigenvalue weighted by Gasteiger charge is -2.12. The Morgan fingerprint density at radius 2 is 1.53 bits per heavy atom. The maximum absolute atomic E-state index is 5.77. The topological polar surface area (TPSA) is 30.5 Å². The highest BCUT2D eigenvalue weighted by Crippen LogP contribution is 2.26. The molecule has 3 nitrogen and oxygen atoms in total. The average Bonchev–Trinajstić information content (AvgIpc) is 2.45. The van der Waals surface area contributed by atoms with E-state index in [1.165, 1.54) is 12.8 Å². The molecule has 0 aromatic heterocycles. The summed E-state index contributed by atoms with van der Waals surface area (Å²) in [5, 5.41) is 3.32. The average molecular weight is 265 g/mol. The first-order valence-electron chi connectivity index (χ1n) is 7.43. The summed E-state index contributed by atoms with van der Waals surface area (Å²) in [5.74, 6) is 1.70. The van der Waals surface area contributed by atoms with Crippen molar-refractivity contribution in [2.45, 2.75) is 39.5 Å². The molecule has 0 unspecified atom stereocenters. The van der Waals surface area contributed by atoms with Crippen molar-refractivity contribution in [2.24, 2.45) is 0 Å². The van der Waals surface area contributed by atoms with Gasteiger partial charge in [0.05, 0.1) is 6.61 Å². The Labute approximate surface area is 117 Å². The van der Waals surface area contributed by atoms with E-state index < -0.39 is 0 Å². The van der Waals surface area contributed by atoms with Gasteiger partial charge in [-0.25, -0.2) is 0 Å². The third-order valence-corrected chi connectivity index (χ3v) is 2.82. The van der Waals surface area contributed by atoms with Crippen molar-refractivity contribution in [1.29, 1.82) is 0 Å². The van der Waals surface area contributed by atoms with Crippen LogP contribution in [0.1, 0.15) is 39.5 Å². The van der Waals surface area contributed by atoms with Crippen molar-refractivity contribution in [3.05, 3.63) is 24.3 Å². The van der Waals surface area contributed by atoms with E-state index in [-0.39, 0.29) is 0 Å². The first-order valence-corrected chi connectivity index (χ1v) is 7.43. The molecule has 0 amide bonds. The normalized spacial score (nSPS) is 10.4. The number of unbranched alkanes of at least 4 members (excludes halogenated alkanes) is 2. The minimum absolute atomic E-state index is 0.676. The molecule has 0 saturated carbocycles. The zero-order valence-corrected chi connectivity index (χ0v) is 12.3. The smallest absolute Gasteiger partial charge is 0.161 e. The zero-order valence-electron chi connectivity index (χ0n) is 12.3. The fourth-order valence-corrected chi connectivity index (χ4v) is 1.76. The molecule has 0 aliphatic rings. The Kier molecular flexibility index (Phi) is 8.90. The van der Waals surface area contributed by atoms with Gasteiger partial charge in [-0.2, -0.15) is 0 Å². The highest BCUT2D eigenvalue weighted by Gasteiger charge is 2.03. The van der Waals surface area contributed by atoms with Crippen LogP contribution >= 0.6 is 0 Å². The highest BCUT2D eigenvalue weighted by molar-refractivity contribution is 5.39. The molecule has 0 atom stereocenters. The van der Waals surface area contributed by atoms with E-state index in [9.17, 15) is 0 Å². The van der Waals surface area contributed by atoms with Crippen molar-refractivity contribution in [3.63, 3.8) is 0 Å².